The van der Waals surface area contributed by atoms with Gasteiger partial charge in [0.1, 0.15) is 10.8 Å². The van der Waals surface area contributed by atoms with E-state index in [1.165, 1.54) is 16.9 Å². The molecule has 0 spiro atoms. The summed E-state index contributed by atoms with van der Waals surface area (Å²) < 4.78 is 5.50. The van der Waals surface area contributed by atoms with E-state index in [9.17, 15) is 4.79 Å². The van der Waals surface area contributed by atoms with Gasteiger partial charge in [0.15, 0.2) is 0 Å². The fraction of sp³-hybridized carbons (Fsp3) is 0.211. The van der Waals surface area contributed by atoms with Crippen LogP contribution in [0, 0.1) is 0 Å². The molecule has 1 amide bonds. The minimum Gasteiger partial charge on any atom is -0.493 e. The number of amides is 1. The summed E-state index contributed by atoms with van der Waals surface area (Å²) in [4.78, 5) is 12.4. The number of carbonyl (C=O) groups is 1. The number of hydrogen-bond acceptors (Lipinski definition) is 5. The number of hydrogen-bond donors (Lipinski definition) is 1. The number of aryl methyl sites for hydroxylation is 2. The van der Waals surface area contributed by atoms with Crippen molar-refractivity contribution in [1.29, 1.82) is 0 Å². The van der Waals surface area contributed by atoms with Crippen LogP contribution in [0.1, 0.15) is 27.9 Å². The lowest BCUT2D eigenvalue weighted by molar-refractivity contribution is 0.102. The lowest BCUT2D eigenvalue weighted by Crippen LogP contribution is -2.13. The van der Waals surface area contributed by atoms with E-state index in [2.05, 4.69) is 27.6 Å². The molecule has 5 nitrogen and oxygen atoms in total. The number of benzene rings is 2. The van der Waals surface area contributed by atoms with E-state index in [0.717, 1.165) is 17.8 Å². The van der Waals surface area contributed by atoms with E-state index in [-0.39, 0.29) is 5.91 Å². The Balaban J connectivity index is 1.62. The highest BCUT2D eigenvalue weighted by Crippen LogP contribution is 2.22. The molecule has 0 atom stereocenters. The van der Waals surface area contributed by atoms with Gasteiger partial charge in [-0.25, -0.2) is 0 Å². The quantitative estimate of drug-likeness (QED) is 0.698. The van der Waals surface area contributed by atoms with Crippen LogP contribution >= 0.6 is 11.3 Å². The van der Waals surface area contributed by atoms with E-state index in [0.29, 0.717) is 23.1 Å². The Morgan fingerprint density at radius 1 is 1.04 bits per heavy atom. The largest absolute Gasteiger partial charge is 0.493 e. The second-order valence-corrected chi connectivity index (χ2v) is 6.43. The van der Waals surface area contributed by atoms with E-state index >= 15 is 0 Å². The number of rotatable bonds is 7. The summed E-state index contributed by atoms with van der Waals surface area (Å²) in [7, 11) is 0. The molecule has 6 heteroatoms. The number of nitrogens with one attached hydrogen (secondary N) is 1. The van der Waals surface area contributed by atoms with E-state index in [1.54, 1.807) is 12.1 Å². The zero-order chi connectivity index (χ0) is 17.5. The van der Waals surface area contributed by atoms with Crippen molar-refractivity contribution in [2.24, 2.45) is 0 Å². The van der Waals surface area contributed by atoms with Gasteiger partial charge in [-0.15, -0.1) is 10.2 Å². The van der Waals surface area contributed by atoms with Crippen LogP contribution in [0.15, 0.2) is 54.6 Å². The van der Waals surface area contributed by atoms with Crippen molar-refractivity contribution in [3.63, 3.8) is 0 Å². The van der Waals surface area contributed by atoms with Crippen molar-refractivity contribution in [2.75, 3.05) is 11.9 Å². The topological polar surface area (TPSA) is 64.1 Å². The molecule has 0 aliphatic rings. The van der Waals surface area contributed by atoms with Crippen LogP contribution in [-0.2, 0) is 12.8 Å². The van der Waals surface area contributed by atoms with Gasteiger partial charge in [-0.2, -0.15) is 0 Å². The molecule has 0 fully saturated rings. The van der Waals surface area contributed by atoms with Crippen LogP contribution in [0.5, 0.6) is 5.75 Å². The van der Waals surface area contributed by atoms with Crippen LogP contribution < -0.4 is 10.1 Å². The van der Waals surface area contributed by atoms with Crippen LogP contribution in [0.25, 0.3) is 0 Å². The highest BCUT2D eigenvalue weighted by atomic mass is 32.1. The number of para-hydroxylation sites is 1. The molecule has 25 heavy (non-hydrogen) atoms. The number of aromatic nitrogens is 2. The fourth-order valence-electron chi connectivity index (χ4n) is 2.40. The third-order valence-corrected chi connectivity index (χ3v) is 4.49. The molecule has 1 N–H and O–H groups in total. The molecular formula is C19H19N3O2S. The normalized spacial score (nSPS) is 10.4. The zero-order valence-electron chi connectivity index (χ0n) is 13.9. The first kappa shape index (κ1) is 17.1. The Morgan fingerprint density at radius 3 is 2.60 bits per heavy atom. The van der Waals surface area contributed by atoms with Crippen LogP contribution in [0.2, 0.25) is 0 Å². The smallest absolute Gasteiger partial charge is 0.261 e. The van der Waals surface area contributed by atoms with Crippen molar-refractivity contribution >= 4 is 22.4 Å². The van der Waals surface area contributed by atoms with Gasteiger partial charge in [-0.05, 0) is 31.0 Å². The summed E-state index contributed by atoms with van der Waals surface area (Å²) in [5.74, 6) is 0.325. The van der Waals surface area contributed by atoms with Gasteiger partial charge >= 0.3 is 0 Å². The molecule has 0 aliphatic heterocycles. The fourth-order valence-corrected chi connectivity index (χ4v) is 3.14. The van der Waals surface area contributed by atoms with Crippen LogP contribution in [-0.4, -0.2) is 22.7 Å². The summed E-state index contributed by atoms with van der Waals surface area (Å²) in [6.45, 7) is 2.39. The average Bonchev–Trinajstić information content (AvgIpc) is 3.09. The zero-order valence-corrected chi connectivity index (χ0v) is 14.8. The van der Waals surface area contributed by atoms with Crippen molar-refractivity contribution in [2.45, 2.75) is 19.8 Å². The molecule has 3 aromatic rings. The lowest BCUT2D eigenvalue weighted by Gasteiger charge is -2.08. The number of carbonyl (C=O) groups excluding carboxylic acids is 1. The first-order chi connectivity index (χ1) is 12.3. The Bertz CT molecular complexity index is 833. The number of anilines is 1. The molecule has 3 rings (SSSR count). The molecule has 0 aliphatic carbocycles. The third-order valence-electron chi connectivity index (χ3n) is 3.59. The minimum atomic E-state index is -0.241. The molecule has 0 unspecified atom stereocenters. The molecule has 1 heterocycles. The predicted molar refractivity (Wildman–Crippen MR) is 99.3 cm³/mol. The summed E-state index contributed by atoms with van der Waals surface area (Å²) in [5, 5.41) is 12.4. The molecule has 1 aromatic heterocycles. The Kier molecular flexibility index (Phi) is 5.74. The number of nitrogens with zero attached hydrogens (tertiary/aromatic N) is 2. The van der Waals surface area contributed by atoms with Gasteiger partial charge in [0.2, 0.25) is 5.13 Å². The maximum atomic E-state index is 12.4. The Hall–Kier alpha value is -2.73. The Morgan fingerprint density at radius 2 is 1.80 bits per heavy atom. The van der Waals surface area contributed by atoms with Crippen LogP contribution in [0.4, 0.5) is 5.13 Å². The minimum absolute atomic E-state index is 0.241. The molecule has 0 saturated carbocycles. The van der Waals surface area contributed by atoms with Gasteiger partial charge in [-0.3, -0.25) is 10.1 Å². The van der Waals surface area contributed by atoms with Gasteiger partial charge in [0.25, 0.3) is 5.91 Å². The first-order valence-corrected chi connectivity index (χ1v) is 8.97. The molecule has 2 aromatic carbocycles. The van der Waals surface area contributed by atoms with Crippen molar-refractivity contribution in [1.82, 2.24) is 10.2 Å². The highest BCUT2D eigenvalue weighted by molar-refractivity contribution is 7.15. The van der Waals surface area contributed by atoms with Crippen molar-refractivity contribution in [3.8, 4) is 5.75 Å². The molecule has 0 radical (unpaired) electrons. The van der Waals surface area contributed by atoms with Gasteiger partial charge in [0.05, 0.1) is 12.2 Å². The van der Waals surface area contributed by atoms with E-state index in [4.69, 9.17) is 4.74 Å². The average molecular weight is 353 g/mol. The molecular weight excluding hydrogens is 334 g/mol. The Labute approximate surface area is 150 Å². The summed E-state index contributed by atoms with van der Waals surface area (Å²) in [6, 6.07) is 17.4. The van der Waals surface area contributed by atoms with E-state index < -0.39 is 0 Å². The first-order valence-electron chi connectivity index (χ1n) is 8.15. The predicted octanol–water partition coefficient (Wildman–Crippen LogP) is 3.97. The van der Waals surface area contributed by atoms with Crippen molar-refractivity contribution in [3.05, 3.63) is 70.7 Å². The SMILES string of the molecule is CCOc1ccccc1C(=O)Nc1nnc(CCc2ccccc2)s1. The summed E-state index contributed by atoms with van der Waals surface area (Å²) >= 11 is 1.40. The van der Waals surface area contributed by atoms with Gasteiger partial charge < -0.3 is 4.74 Å². The van der Waals surface area contributed by atoms with Gasteiger partial charge in [0, 0.05) is 6.42 Å². The van der Waals surface area contributed by atoms with Gasteiger partial charge in [-0.1, -0.05) is 53.8 Å². The summed E-state index contributed by atoms with van der Waals surface area (Å²) in [5.41, 5.74) is 1.75. The van der Waals surface area contributed by atoms with E-state index in [1.807, 2.05) is 37.3 Å². The lowest BCUT2D eigenvalue weighted by atomic mass is 10.1. The standard InChI is InChI=1S/C19H19N3O2S/c1-2-24-16-11-7-6-10-15(16)18(23)20-19-22-21-17(25-19)13-12-14-8-4-3-5-9-14/h3-11H,2,12-13H2,1H3,(H,20,22,23). The molecule has 128 valence electrons. The second-order valence-electron chi connectivity index (χ2n) is 5.37. The van der Waals surface area contributed by atoms with Crippen LogP contribution in [0.3, 0.4) is 0 Å². The van der Waals surface area contributed by atoms with Crippen molar-refractivity contribution < 1.29 is 9.53 Å². The molecule has 0 bridgehead atoms. The molecule has 0 saturated heterocycles. The highest BCUT2D eigenvalue weighted by Gasteiger charge is 2.14. The summed E-state index contributed by atoms with van der Waals surface area (Å²) in [6.07, 6.45) is 1.70. The maximum absolute atomic E-state index is 12.4. The third kappa shape index (κ3) is 4.64. The number of ether oxygens (including phenoxy) is 1. The monoisotopic (exact) mass is 353 g/mol. The second kappa shape index (κ2) is 8.39. The maximum Gasteiger partial charge on any atom is 0.261 e.